The van der Waals surface area contributed by atoms with Crippen LogP contribution in [0.1, 0.15) is 20.7 Å². The van der Waals surface area contributed by atoms with Crippen molar-refractivity contribution >= 4 is 17.5 Å². The Morgan fingerprint density at radius 3 is 2.54 bits per heavy atom. The molecule has 0 aliphatic carbocycles. The molecule has 8 heteroatoms. The highest BCUT2D eigenvalue weighted by molar-refractivity contribution is 6.06. The molecule has 3 aromatic rings. The average molecular weight is 322 g/mol. The van der Waals surface area contributed by atoms with Crippen molar-refractivity contribution in [3.63, 3.8) is 0 Å². The van der Waals surface area contributed by atoms with Gasteiger partial charge >= 0.3 is 0 Å². The van der Waals surface area contributed by atoms with E-state index in [2.05, 4.69) is 20.8 Å². The van der Waals surface area contributed by atoms with Crippen molar-refractivity contribution in [2.75, 3.05) is 5.32 Å². The van der Waals surface area contributed by atoms with E-state index in [4.69, 9.17) is 5.73 Å². The van der Waals surface area contributed by atoms with Crippen LogP contribution in [0.4, 0.5) is 5.69 Å². The van der Waals surface area contributed by atoms with Crippen molar-refractivity contribution in [1.82, 2.24) is 20.2 Å². The molecular weight excluding hydrogens is 308 g/mol. The molecule has 0 aliphatic rings. The molecule has 3 N–H and O–H groups in total. The molecule has 0 aliphatic heterocycles. The van der Waals surface area contributed by atoms with Gasteiger partial charge in [0, 0.05) is 29.4 Å². The average Bonchev–Trinajstić information content (AvgIpc) is 3.01. The van der Waals surface area contributed by atoms with Crippen molar-refractivity contribution in [3.8, 4) is 11.4 Å². The molecule has 0 spiro atoms. The molecule has 0 radical (unpaired) electrons. The highest BCUT2D eigenvalue weighted by Crippen LogP contribution is 2.20. The number of carbonyl (C=O) groups excluding carboxylic acids is 2. The van der Waals surface area contributed by atoms with Crippen LogP contribution in [0.15, 0.2) is 48.5 Å². The van der Waals surface area contributed by atoms with Gasteiger partial charge in [-0.25, -0.2) is 4.68 Å². The zero-order chi connectivity index (χ0) is 17.1. The number of carbonyl (C=O) groups is 2. The maximum absolute atomic E-state index is 12.3. The molecule has 2 aromatic carbocycles. The normalized spacial score (nSPS) is 10.4. The Hall–Kier alpha value is -3.55. The highest BCUT2D eigenvalue weighted by atomic mass is 16.2. The van der Waals surface area contributed by atoms with E-state index in [0.29, 0.717) is 17.1 Å². The molecule has 3 rings (SSSR count). The van der Waals surface area contributed by atoms with Crippen LogP contribution in [-0.4, -0.2) is 32.0 Å². The van der Waals surface area contributed by atoms with Gasteiger partial charge in [-0.2, -0.15) is 0 Å². The van der Waals surface area contributed by atoms with Crippen molar-refractivity contribution in [2.24, 2.45) is 12.8 Å². The van der Waals surface area contributed by atoms with Gasteiger partial charge in [-0.15, -0.1) is 5.10 Å². The van der Waals surface area contributed by atoms with E-state index in [1.807, 2.05) is 6.07 Å². The third-order valence-corrected chi connectivity index (χ3v) is 3.41. The van der Waals surface area contributed by atoms with Crippen molar-refractivity contribution in [2.45, 2.75) is 0 Å². The second-order valence-electron chi connectivity index (χ2n) is 5.11. The lowest BCUT2D eigenvalue weighted by atomic mass is 10.1. The first-order valence-electron chi connectivity index (χ1n) is 7.08. The second-order valence-corrected chi connectivity index (χ2v) is 5.11. The molecule has 0 saturated heterocycles. The zero-order valence-corrected chi connectivity index (χ0v) is 12.8. The monoisotopic (exact) mass is 322 g/mol. The minimum atomic E-state index is -0.582. The van der Waals surface area contributed by atoms with Crippen molar-refractivity contribution in [1.29, 1.82) is 0 Å². The minimum absolute atomic E-state index is 0.279. The number of nitrogens with zero attached hydrogens (tertiary/aromatic N) is 4. The minimum Gasteiger partial charge on any atom is -0.366 e. The number of aromatic nitrogens is 4. The molecule has 0 saturated carbocycles. The summed E-state index contributed by atoms with van der Waals surface area (Å²) in [6.45, 7) is 0. The Balaban J connectivity index is 1.84. The summed E-state index contributed by atoms with van der Waals surface area (Å²) in [7, 11) is 1.73. The maximum atomic E-state index is 12.3. The number of aryl methyl sites for hydroxylation is 1. The number of nitrogens with one attached hydrogen (secondary N) is 1. The van der Waals surface area contributed by atoms with Gasteiger partial charge in [0.05, 0.1) is 0 Å². The van der Waals surface area contributed by atoms with Gasteiger partial charge in [0.2, 0.25) is 5.91 Å². The molecule has 0 unspecified atom stereocenters. The van der Waals surface area contributed by atoms with E-state index in [9.17, 15) is 9.59 Å². The number of amides is 2. The quantitative estimate of drug-likeness (QED) is 0.749. The van der Waals surface area contributed by atoms with Gasteiger partial charge in [-0.3, -0.25) is 9.59 Å². The van der Waals surface area contributed by atoms with Gasteiger partial charge in [-0.1, -0.05) is 18.2 Å². The Kier molecular flexibility index (Phi) is 4.02. The number of nitrogens with two attached hydrogens (primary N) is 1. The van der Waals surface area contributed by atoms with Crippen LogP contribution in [-0.2, 0) is 7.05 Å². The van der Waals surface area contributed by atoms with E-state index >= 15 is 0 Å². The first-order chi connectivity index (χ1) is 11.5. The molecule has 1 aromatic heterocycles. The number of rotatable bonds is 4. The van der Waals surface area contributed by atoms with Crippen LogP contribution in [0.25, 0.3) is 11.4 Å². The number of tetrazole rings is 1. The van der Waals surface area contributed by atoms with Crippen LogP contribution in [0.3, 0.4) is 0 Å². The third kappa shape index (κ3) is 3.12. The van der Waals surface area contributed by atoms with Crippen molar-refractivity contribution in [3.05, 3.63) is 59.7 Å². The van der Waals surface area contributed by atoms with E-state index in [0.717, 1.165) is 5.56 Å². The number of hydrogen-bond donors (Lipinski definition) is 2. The summed E-state index contributed by atoms with van der Waals surface area (Å²) in [4.78, 5) is 23.6. The highest BCUT2D eigenvalue weighted by Gasteiger charge is 2.11. The van der Waals surface area contributed by atoms with Gasteiger partial charge < -0.3 is 11.1 Å². The SMILES string of the molecule is Cn1nnnc1-c1cccc(NC(=O)c2cccc(C(N)=O)c2)c1. The Labute approximate surface area is 137 Å². The van der Waals surface area contributed by atoms with Crippen LogP contribution in [0.2, 0.25) is 0 Å². The van der Waals surface area contributed by atoms with Crippen LogP contribution < -0.4 is 11.1 Å². The molecular formula is C16H14N6O2. The predicted molar refractivity (Wildman–Crippen MR) is 87.1 cm³/mol. The van der Waals surface area contributed by atoms with Crippen molar-refractivity contribution < 1.29 is 9.59 Å². The summed E-state index contributed by atoms with van der Waals surface area (Å²) in [6.07, 6.45) is 0. The van der Waals surface area contributed by atoms with E-state index in [1.54, 1.807) is 43.4 Å². The summed E-state index contributed by atoms with van der Waals surface area (Å²) in [5, 5.41) is 14.1. The summed E-state index contributed by atoms with van der Waals surface area (Å²) in [5.74, 6) is -0.338. The van der Waals surface area contributed by atoms with E-state index < -0.39 is 5.91 Å². The smallest absolute Gasteiger partial charge is 0.255 e. The number of primary amides is 1. The Morgan fingerprint density at radius 1 is 1.08 bits per heavy atom. The number of hydrogen-bond acceptors (Lipinski definition) is 5. The molecule has 2 amide bonds. The molecule has 24 heavy (non-hydrogen) atoms. The molecule has 1 heterocycles. The Bertz CT molecular complexity index is 918. The first kappa shape index (κ1) is 15.3. The zero-order valence-electron chi connectivity index (χ0n) is 12.8. The lowest BCUT2D eigenvalue weighted by Gasteiger charge is -2.07. The third-order valence-electron chi connectivity index (χ3n) is 3.41. The van der Waals surface area contributed by atoms with Crippen LogP contribution in [0, 0.1) is 0 Å². The van der Waals surface area contributed by atoms with Crippen LogP contribution in [0.5, 0.6) is 0 Å². The lowest BCUT2D eigenvalue weighted by Crippen LogP contribution is -2.15. The molecule has 0 atom stereocenters. The molecule has 120 valence electrons. The first-order valence-corrected chi connectivity index (χ1v) is 7.08. The van der Waals surface area contributed by atoms with E-state index in [-0.39, 0.29) is 11.5 Å². The van der Waals surface area contributed by atoms with Crippen LogP contribution >= 0.6 is 0 Å². The summed E-state index contributed by atoms with van der Waals surface area (Å²) in [5.41, 5.74) is 7.21. The predicted octanol–water partition coefficient (Wildman–Crippen LogP) is 1.23. The number of benzene rings is 2. The summed E-state index contributed by atoms with van der Waals surface area (Å²) < 4.78 is 1.54. The number of anilines is 1. The molecule has 0 fully saturated rings. The fraction of sp³-hybridized carbons (Fsp3) is 0.0625. The van der Waals surface area contributed by atoms with Gasteiger partial charge in [0.25, 0.3) is 5.91 Å². The summed E-state index contributed by atoms with van der Waals surface area (Å²) in [6, 6.07) is 13.4. The molecule has 8 nitrogen and oxygen atoms in total. The second kappa shape index (κ2) is 6.29. The lowest BCUT2D eigenvalue weighted by molar-refractivity contribution is 0.1000. The van der Waals surface area contributed by atoms with Gasteiger partial charge in [-0.05, 0) is 40.8 Å². The topological polar surface area (TPSA) is 116 Å². The summed E-state index contributed by atoms with van der Waals surface area (Å²) >= 11 is 0. The van der Waals surface area contributed by atoms with E-state index in [1.165, 1.54) is 10.7 Å². The fourth-order valence-electron chi connectivity index (χ4n) is 2.23. The maximum Gasteiger partial charge on any atom is 0.255 e. The van der Waals surface area contributed by atoms with Gasteiger partial charge in [0.1, 0.15) is 0 Å². The largest absolute Gasteiger partial charge is 0.366 e. The van der Waals surface area contributed by atoms with Gasteiger partial charge in [0.15, 0.2) is 5.82 Å². The fourth-order valence-corrected chi connectivity index (χ4v) is 2.23. The Morgan fingerprint density at radius 2 is 1.83 bits per heavy atom. The standard InChI is InChI=1S/C16H14N6O2/c1-22-15(19-20-21-22)11-5-3-7-13(9-11)18-16(24)12-6-2-4-10(8-12)14(17)23/h2-9H,1H3,(H2,17,23)(H,18,24). The molecule has 0 bridgehead atoms.